The summed E-state index contributed by atoms with van der Waals surface area (Å²) in [6, 6.07) is 3.86. The van der Waals surface area contributed by atoms with Crippen molar-refractivity contribution in [3.63, 3.8) is 0 Å². The van der Waals surface area contributed by atoms with Gasteiger partial charge in [-0.3, -0.25) is 14.9 Å². The summed E-state index contributed by atoms with van der Waals surface area (Å²) in [4.78, 5) is 22.4. The molecule has 1 aliphatic carbocycles. The van der Waals surface area contributed by atoms with Crippen molar-refractivity contribution in [2.45, 2.75) is 37.6 Å². The zero-order valence-corrected chi connectivity index (χ0v) is 12.2. The summed E-state index contributed by atoms with van der Waals surface area (Å²) in [5.74, 6) is -0.372. The fourth-order valence-electron chi connectivity index (χ4n) is 2.66. The van der Waals surface area contributed by atoms with Crippen molar-refractivity contribution >= 4 is 23.2 Å². The minimum atomic E-state index is -0.597. The predicted octanol–water partition coefficient (Wildman–Crippen LogP) is 2.67. The number of carbonyl (C=O) groups excluding carboxylic acids is 1. The smallest absolute Gasteiger partial charge is 0.287 e. The Balaban J connectivity index is 2.16. The van der Waals surface area contributed by atoms with Gasteiger partial charge in [-0.2, -0.15) is 0 Å². The van der Waals surface area contributed by atoms with E-state index in [4.69, 9.17) is 11.6 Å². The SMILES string of the molecule is O=C(NC1(CO)CCCCC1)c1ccc([N+](=O)[O-])c(Cl)c1. The standard InChI is InChI=1S/C14H17ClN2O4/c15-11-8-10(4-5-12(11)17(20)21)13(19)16-14(9-18)6-2-1-3-7-14/h4-5,8,18H,1-3,6-7,9H2,(H,16,19). The van der Waals surface area contributed by atoms with Crippen molar-refractivity contribution < 1.29 is 14.8 Å². The number of aliphatic hydroxyl groups excluding tert-OH is 1. The van der Waals surface area contributed by atoms with E-state index >= 15 is 0 Å². The second-order valence-corrected chi connectivity index (χ2v) is 5.78. The molecule has 0 heterocycles. The van der Waals surface area contributed by atoms with E-state index in [1.807, 2.05) is 0 Å². The summed E-state index contributed by atoms with van der Waals surface area (Å²) >= 11 is 5.81. The fraction of sp³-hybridized carbons (Fsp3) is 0.500. The van der Waals surface area contributed by atoms with Crippen molar-refractivity contribution in [3.8, 4) is 0 Å². The van der Waals surface area contributed by atoms with Crippen molar-refractivity contribution in [1.82, 2.24) is 5.32 Å². The van der Waals surface area contributed by atoms with Crippen LogP contribution in [0.5, 0.6) is 0 Å². The maximum absolute atomic E-state index is 12.3. The number of nitro groups is 1. The Labute approximate surface area is 127 Å². The van der Waals surface area contributed by atoms with Gasteiger partial charge in [-0.25, -0.2) is 0 Å². The third kappa shape index (κ3) is 3.51. The molecule has 0 atom stereocenters. The highest BCUT2D eigenvalue weighted by Gasteiger charge is 2.33. The van der Waals surface area contributed by atoms with Crippen LogP contribution in [0.15, 0.2) is 18.2 Å². The lowest BCUT2D eigenvalue weighted by Crippen LogP contribution is -2.52. The van der Waals surface area contributed by atoms with Crippen LogP contribution in [0.4, 0.5) is 5.69 Å². The van der Waals surface area contributed by atoms with Crippen LogP contribution < -0.4 is 5.32 Å². The van der Waals surface area contributed by atoms with E-state index in [1.54, 1.807) is 0 Å². The quantitative estimate of drug-likeness (QED) is 0.660. The molecule has 1 fully saturated rings. The molecule has 7 heteroatoms. The van der Waals surface area contributed by atoms with Gasteiger partial charge >= 0.3 is 0 Å². The van der Waals surface area contributed by atoms with Crippen LogP contribution in [0.1, 0.15) is 42.5 Å². The number of carbonyl (C=O) groups is 1. The molecule has 21 heavy (non-hydrogen) atoms. The van der Waals surface area contributed by atoms with E-state index in [9.17, 15) is 20.0 Å². The zero-order valence-electron chi connectivity index (χ0n) is 11.5. The summed E-state index contributed by atoms with van der Waals surface area (Å²) in [6.07, 6.45) is 4.48. The van der Waals surface area contributed by atoms with E-state index in [0.29, 0.717) is 0 Å². The summed E-state index contributed by atoms with van der Waals surface area (Å²) in [7, 11) is 0. The molecule has 1 saturated carbocycles. The lowest BCUT2D eigenvalue weighted by atomic mass is 9.82. The molecular weight excluding hydrogens is 296 g/mol. The topological polar surface area (TPSA) is 92.5 Å². The minimum Gasteiger partial charge on any atom is -0.394 e. The second kappa shape index (κ2) is 6.41. The summed E-state index contributed by atoms with van der Waals surface area (Å²) < 4.78 is 0. The van der Waals surface area contributed by atoms with Gasteiger partial charge in [-0.1, -0.05) is 30.9 Å². The highest BCUT2D eigenvalue weighted by molar-refractivity contribution is 6.33. The number of hydrogen-bond acceptors (Lipinski definition) is 4. The van der Waals surface area contributed by atoms with E-state index in [2.05, 4.69) is 5.32 Å². The van der Waals surface area contributed by atoms with Crippen molar-refractivity contribution in [3.05, 3.63) is 38.9 Å². The minimum absolute atomic E-state index is 0.0747. The molecule has 0 aliphatic heterocycles. The molecule has 0 radical (unpaired) electrons. The monoisotopic (exact) mass is 312 g/mol. The van der Waals surface area contributed by atoms with Crippen molar-refractivity contribution in [1.29, 1.82) is 0 Å². The van der Waals surface area contributed by atoms with Crippen LogP contribution in [0.3, 0.4) is 0 Å². The van der Waals surface area contributed by atoms with Crippen LogP contribution in [0, 0.1) is 10.1 Å². The van der Waals surface area contributed by atoms with Gasteiger partial charge in [0.25, 0.3) is 11.6 Å². The Morgan fingerprint density at radius 3 is 2.57 bits per heavy atom. The van der Waals surface area contributed by atoms with Gasteiger partial charge in [-0.05, 0) is 25.0 Å². The van der Waals surface area contributed by atoms with Crippen LogP contribution in [0.25, 0.3) is 0 Å². The first kappa shape index (κ1) is 15.7. The number of nitrogens with one attached hydrogen (secondary N) is 1. The van der Waals surface area contributed by atoms with E-state index in [0.717, 1.165) is 32.1 Å². The van der Waals surface area contributed by atoms with Gasteiger partial charge in [-0.15, -0.1) is 0 Å². The first-order chi connectivity index (χ1) is 9.97. The third-order valence-electron chi connectivity index (χ3n) is 3.90. The predicted molar refractivity (Wildman–Crippen MR) is 78.5 cm³/mol. The van der Waals surface area contributed by atoms with Crippen molar-refractivity contribution in [2.75, 3.05) is 6.61 Å². The van der Waals surface area contributed by atoms with Gasteiger partial charge in [0, 0.05) is 11.6 Å². The number of hydrogen-bond donors (Lipinski definition) is 2. The number of halogens is 1. The average molecular weight is 313 g/mol. The molecule has 0 saturated heterocycles. The Hall–Kier alpha value is -1.66. The largest absolute Gasteiger partial charge is 0.394 e. The van der Waals surface area contributed by atoms with Crippen molar-refractivity contribution in [2.24, 2.45) is 0 Å². The Bertz CT molecular complexity index is 556. The van der Waals surface area contributed by atoms with Gasteiger partial charge in [0.05, 0.1) is 17.1 Å². The van der Waals surface area contributed by atoms with Crippen LogP contribution >= 0.6 is 11.6 Å². The number of benzene rings is 1. The maximum atomic E-state index is 12.3. The molecule has 2 N–H and O–H groups in total. The van der Waals surface area contributed by atoms with Crippen LogP contribution in [-0.2, 0) is 0 Å². The lowest BCUT2D eigenvalue weighted by molar-refractivity contribution is -0.384. The maximum Gasteiger partial charge on any atom is 0.287 e. The third-order valence-corrected chi connectivity index (χ3v) is 4.20. The first-order valence-corrected chi connectivity index (χ1v) is 7.22. The number of aliphatic hydroxyl groups is 1. The summed E-state index contributed by atoms with van der Waals surface area (Å²) in [5.41, 5.74) is -0.574. The molecule has 1 aromatic rings. The highest BCUT2D eigenvalue weighted by Crippen LogP contribution is 2.29. The molecule has 0 unspecified atom stereocenters. The molecule has 0 bridgehead atoms. The molecule has 1 aromatic carbocycles. The van der Waals surface area contributed by atoms with Crippen LogP contribution in [-0.4, -0.2) is 28.1 Å². The molecular formula is C14H17ClN2O4. The molecule has 0 spiro atoms. The van der Waals surface area contributed by atoms with E-state index < -0.39 is 10.5 Å². The number of nitro benzene ring substituents is 1. The molecule has 6 nitrogen and oxygen atoms in total. The first-order valence-electron chi connectivity index (χ1n) is 6.85. The second-order valence-electron chi connectivity index (χ2n) is 5.38. The van der Waals surface area contributed by atoms with Gasteiger partial charge in [0.15, 0.2) is 0 Å². The molecule has 2 rings (SSSR count). The molecule has 114 valence electrons. The van der Waals surface area contributed by atoms with Gasteiger partial charge in [0.1, 0.15) is 5.02 Å². The molecule has 1 aliphatic rings. The van der Waals surface area contributed by atoms with Gasteiger partial charge < -0.3 is 10.4 Å². The average Bonchev–Trinajstić information content (AvgIpc) is 2.47. The molecule has 1 amide bonds. The normalized spacial score (nSPS) is 17.2. The lowest BCUT2D eigenvalue weighted by Gasteiger charge is -2.36. The van der Waals surface area contributed by atoms with E-state index in [1.165, 1.54) is 18.2 Å². The summed E-state index contributed by atoms with van der Waals surface area (Å²) in [5, 5.41) is 23.1. The van der Waals surface area contributed by atoms with Crippen LogP contribution in [0.2, 0.25) is 5.02 Å². The Kier molecular flexibility index (Phi) is 4.80. The molecule has 0 aromatic heterocycles. The van der Waals surface area contributed by atoms with Gasteiger partial charge in [0.2, 0.25) is 0 Å². The Morgan fingerprint density at radius 1 is 1.38 bits per heavy atom. The van der Waals surface area contributed by atoms with E-state index in [-0.39, 0.29) is 28.8 Å². The fourth-order valence-corrected chi connectivity index (χ4v) is 2.91. The Morgan fingerprint density at radius 2 is 2.05 bits per heavy atom. The number of rotatable bonds is 4. The highest BCUT2D eigenvalue weighted by atomic mass is 35.5. The number of nitrogens with zero attached hydrogens (tertiary/aromatic N) is 1. The summed E-state index contributed by atoms with van der Waals surface area (Å²) in [6.45, 7) is -0.112. The zero-order chi connectivity index (χ0) is 15.5. The number of amides is 1.